The van der Waals surface area contributed by atoms with Gasteiger partial charge >= 0.3 is 0 Å². The van der Waals surface area contributed by atoms with Gasteiger partial charge in [-0.2, -0.15) is 0 Å². The molecule has 1 saturated carbocycles. The second kappa shape index (κ2) is 7.77. The van der Waals surface area contributed by atoms with E-state index in [9.17, 15) is 13.2 Å². The van der Waals surface area contributed by atoms with Crippen molar-refractivity contribution in [2.75, 3.05) is 13.1 Å². The highest BCUT2D eigenvalue weighted by atomic mass is 32.2. The van der Waals surface area contributed by atoms with Gasteiger partial charge in [0.05, 0.1) is 11.4 Å². The molecule has 2 atom stereocenters. The van der Waals surface area contributed by atoms with Crippen LogP contribution >= 0.6 is 0 Å². The number of hydrogen-bond acceptors (Lipinski definition) is 6. The summed E-state index contributed by atoms with van der Waals surface area (Å²) in [7, 11) is -3.67. The largest absolute Gasteiger partial charge is 0.354 e. The summed E-state index contributed by atoms with van der Waals surface area (Å²) < 4.78 is 27.4. The predicted octanol–water partition coefficient (Wildman–Crippen LogP) is 2.39. The molecular formula is C23H22N4O3S. The molecule has 2 heterocycles. The molecule has 0 amide bonds. The fourth-order valence-corrected chi connectivity index (χ4v) is 5.04. The number of fused-ring (bicyclic) bond motifs is 1. The number of carbonyl (C=O) groups excluding carboxylic acids is 1. The molecule has 2 N–H and O–H groups in total. The van der Waals surface area contributed by atoms with Crippen LogP contribution in [0.5, 0.6) is 0 Å². The lowest BCUT2D eigenvalue weighted by Crippen LogP contribution is -2.38. The lowest BCUT2D eigenvalue weighted by molar-refractivity contribution is -0.119. The molecule has 1 fully saturated rings. The maximum atomic E-state index is 12.8. The van der Waals surface area contributed by atoms with Crippen molar-refractivity contribution < 1.29 is 13.2 Å². The average Bonchev–Trinajstić information content (AvgIpc) is 3.43. The van der Waals surface area contributed by atoms with Crippen molar-refractivity contribution in [3.8, 4) is 0 Å². The van der Waals surface area contributed by atoms with Crippen molar-refractivity contribution in [3.05, 3.63) is 72.1 Å². The topological polar surface area (TPSA) is 101 Å². The average molecular weight is 435 g/mol. The number of aromatic nitrogens is 1. The van der Waals surface area contributed by atoms with Crippen LogP contribution in [0.1, 0.15) is 23.5 Å². The minimum atomic E-state index is -3.67. The molecule has 31 heavy (non-hydrogen) atoms. The Hall–Kier alpha value is -3.26. The van der Waals surface area contributed by atoms with Crippen molar-refractivity contribution in [1.29, 1.82) is 0 Å². The molecule has 7 nitrogen and oxygen atoms in total. The molecular weight excluding hydrogens is 412 g/mol. The van der Waals surface area contributed by atoms with Gasteiger partial charge in [-0.15, -0.1) is 0 Å². The molecule has 158 valence electrons. The van der Waals surface area contributed by atoms with Crippen LogP contribution in [0, 0.1) is 5.92 Å². The van der Waals surface area contributed by atoms with Crippen molar-refractivity contribution >= 4 is 32.5 Å². The van der Waals surface area contributed by atoms with Crippen LogP contribution in [0.15, 0.2) is 70.8 Å². The fourth-order valence-electron chi connectivity index (χ4n) is 4.04. The quantitative estimate of drug-likeness (QED) is 0.620. The zero-order valence-electron chi connectivity index (χ0n) is 16.8. The van der Waals surface area contributed by atoms with E-state index < -0.39 is 10.0 Å². The second-order valence-electron chi connectivity index (χ2n) is 7.98. The lowest BCUT2D eigenvalue weighted by Gasteiger charge is -2.09. The molecule has 3 aromatic rings. The number of Topliss-reactive ketones (excluding diaryl/α,β-unsaturated/α-hetero) is 1. The third-order valence-corrected chi connectivity index (χ3v) is 7.17. The Labute approximate surface area is 180 Å². The van der Waals surface area contributed by atoms with Gasteiger partial charge in [-0.1, -0.05) is 30.3 Å². The molecule has 5 rings (SSSR count). The SMILES string of the molecule is O=C(Cc1ccc2cnccc2c1)C1CC1c1ccc(S(=O)(=O)NC2=NCCN2)cc1. The maximum Gasteiger partial charge on any atom is 0.264 e. The van der Waals surface area contributed by atoms with Crippen molar-refractivity contribution in [3.63, 3.8) is 0 Å². The van der Waals surface area contributed by atoms with Gasteiger partial charge in [0.2, 0.25) is 5.96 Å². The Kier molecular flexibility index (Phi) is 4.94. The van der Waals surface area contributed by atoms with Crippen LogP contribution in [0.25, 0.3) is 10.8 Å². The van der Waals surface area contributed by atoms with Crippen LogP contribution in [-0.2, 0) is 21.2 Å². The van der Waals surface area contributed by atoms with E-state index in [4.69, 9.17) is 0 Å². The number of benzene rings is 2. The van der Waals surface area contributed by atoms with Crippen LogP contribution in [0.4, 0.5) is 0 Å². The number of rotatable bonds is 6. The Bertz CT molecular complexity index is 1290. The van der Waals surface area contributed by atoms with Gasteiger partial charge in [0.1, 0.15) is 5.78 Å². The van der Waals surface area contributed by atoms with E-state index in [1.807, 2.05) is 30.5 Å². The highest BCUT2D eigenvalue weighted by Gasteiger charge is 2.43. The van der Waals surface area contributed by atoms with E-state index in [1.165, 1.54) is 0 Å². The molecule has 2 aliphatic rings. The van der Waals surface area contributed by atoms with Gasteiger partial charge in [-0.05, 0) is 47.1 Å². The number of nitrogens with zero attached hydrogens (tertiary/aromatic N) is 2. The van der Waals surface area contributed by atoms with E-state index >= 15 is 0 Å². The van der Waals surface area contributed by atoms with E-state index in [2.05, 4.69) is 20.0 Å². The molecule has 2 aromatic carbocycles. The van der Waals surface area contributed by atoms with Gasteiger partial charge in [0, 0.05) is 36.7 Å². The number of nitrogens with one attached hydrogen (secondary N) is 2. The van der Waals surface area contributed by atoms with Gasteiger partial charge < -0.3 is 5.32 Å². The number of sulfonamides is 1. The number of aliphatic imine (C=N–C) groups is 1. The monoisotopic (exact) mass is 434 g/mol. The van der Waals surface area contributed by atoms with Gasteiger partial charge in [-0.3, -0.25) is 14.8 Å². The normalized spacial score (nSPS) is 20.2. The highest BCUT2D eigenvalue weighted by Crippen LogP contribution is 2.48. The van der Waals surface area contributed by atoms with E-state index in [0.29, 0.717) is 19.5 Å². The number of guanidine groups is 1. The lowest BCUT2D eigenvalue weighted by atomic mass is 10.0. The molecule has 1 aromatic heterocycles. The van der Waals surface area contributed by atoms with E-state index in [-0.39, 0.29) is 28.5 Å². The highest BCUT2D eigenvalue weighted by molar-refractivity contribution is 7.90. The van der Waals surface area contributed by atoms with Crippen molar-refractivity contribution in [2.45, 2.75) is 23.7 Å². The molecule has 0 spiro atoms. The maximum absolute atomic E-state index is 12.8. The van der Waals surface area contributed by atoms with Crippen LogP contribution < -0.4 is 10.0 Å². The van der Waals surface area contributed by atoms with E-state index in [1.54, 1.807) is 30.5 Å². The first-order valence-electron chi connectivity index (χ1n) is 10.3. The first kappa shape index (κ1) is 19.7. The first-order valence-corrected chi connectivity index (χ1v) is 11.7. The van der Waals surface area contributed by atoms with Crippen LogP contribution in [0.3, 0.4) is 0 Å². The zero-order valence-corrected chi connectivity index (χ0v) is 17.6. The number of pyridine rings is 1. The Balaban J connectivity index is 1.23. The summed E-state index contributed by atoms with van der Waals surface area (Å²) in [5, 5.41) is 5.03. The van der Waals surface area contributed by atoms with Crippen molar-refractivity contribution in [1.82, 2.24) is 15.0 Å². The van der Waals surface area contributed by atoms with Crippen LogP contribution in [-0.4, -0.2) is 38.2 Å². The summed E-state index contributed by atoms with van der Waals surface area (Å²) in [6, 6.07) is 14.8. The van der Waals surface area contributed by atoms with Crippen molar-refractivity contribution in [2.24, 2.45) is 10.9 Å². The second-order valence-corrected chi connectivity index (χ2v) is 9.66. The zero-order chi connectivity index (χ0) is 21.4. The number of ketones is 1. The van der Waals surface area contributed by atoms with Gasteiger partial charge in [0.25, 0.3) is 10.0 Å². The molecule has 0 bridgehead atoms. The minimum Gasteiger partial charge on any atom is -0.354 e. The Morgan fingerprint density at radius 3 is 2.71 bits per heavy atom. The molecule has 1 aliphatic heterocycles. The van der Waals surface area contributed by atoms with Gasteiger partial charge in [0.15, 0.2) is 0 Å². The van der Waals surface area contributed by atoms with Crippen LogP contribution in [0.2, 0.25) is 0 Å². The summed E-state index contributed by atoms with van der Waals surface area (Å²) in [6.07, 6.45) is 4.78. The van der Waals surface area contributed by atoms with E-state index in [0.717, 1.165) is 28.3 Å². The minimum absolute atomic E-state index is 0.00855. The third kappa shape index (κ3) is 4.16. The fraction of sp³-hybridized carbons (Fsp3) is 0.261. The summed E-state index contributed by atoms with van der Waals surface area (Å²) in [5.41, 5.74) is 2.00. The third-order valence-electron chi connectivity index (χ3n) is 5.81. The predicted molar refractivity (Wildman–Crippen MR) is 118 cm³/mol. The Morgan fingerprint density at radius 1 is 1.10 bits per heavy atom. The number of carbonyl (C=O) groups is 1. The summed E-state index contributed by atoms with van der Waals surface area (Å²) in [5.74, 6) is 0.650. The smallest absolute Gasteiger partial charge is 0.264 e. The summed E-state index contributed by atoms with van der Waals surface area (Å²) >= 11 is 0. The molecule has 2 unspecified atom stereocenters. The van der Waals surface area contributed by atoms with Gasteiger partial charge in [-0.25, -0.2) is 13.1 Å². The molecule has 0 radical (unpaired) electrons. The Morgan fingerprint density at radius 2 is 1.94 bits per heavy atom. The summed E-state index contributed by atoms with van der Waals surface area (Å²) in [6.45, 7) is 1.19. The number of hydrogen-bond donors (Lipinski definition) is 2. The molecule has 1 aliphatic carbocycles. The molecule has 8 heteroatoms. The first-order chi connectivity index (χ1) is 15.0. The molecule has 0 saturated heterocycles. The standard InChI is InChI=1S/C23H22N4O3S/c28-22(12-15-1-2-18-14-24-8-7-17(18)11-15)21-13-20(21)16-3-5-19(6-4-16)31(29,30)27-23-25-9-10-26-23/h1-8,11,14,20-21H,9-10,12-13H2,(H2,25,26,27). The summed E-state index contributed by atoms with van der Waals surface area (Å²) in [4.78, 5) is 21.1.